The predicted molar refractivity (Wildman–Crippen MR) is 148 cm³/mol. The molecule has 0 saturated heterocycles. The molecule has 0 spiro atoms. The number of nitrogens with one attached hydrogen (secondary N) is 1. The van der Waals surface area contributed by atoms with Crippen LogP contribution in [0, 0.1) is 18.6 Å². The van der Waals surface area contributed by atoms with E-state index in [1.54, 1.807) is 6.92 Å². The van der Waals surface area contributed by atoms with E-state index in [1.165, 1.54) is 24.3 Å². The second-order valence-corrected chi connectivity index (χ2v) is 10.2. The lowest BCUT2D eigenvalue weighted by atomic mass is 9.99. The van der Waals surface area contributed by atoms with Crippen LogP contribution in [0.4, 0.5) is 27.9 Å². The number of para-hydroxylation sites is 1. The highest BCUT2D eigenvalue weighted by atomic mass is 19.4. The van der Waals surface area contributed by atoms with Crippen LogP contribution in [0.2, 0.25) is 0 Å². The fraction of sp³-hybridized carbons (Fsp3) is 0.276. The monoisotopic (exact) mass is 633 g/mol. The zero-order valence-corrected chi connectivity index (χ0v) is 23.3. The van der Waals surface area contributed by atoms with Gasteiger partial charge in [0, 0.05) is 22.6 Å². The Labute approximate surface area is 250 Å². The molecule has 236 valence electrons. The van der Waals surface area contributed by atoms with Crippen LogP contribution in [0.25, 0.3) is 28.0 Å². The van der Waals surface area contributed by atoms with E-state index in [9.17, 15) is 46.5 Å². The molecule has 4 aromatic rings. The van der Waals surface area contributed by atoms with Crippen LogP contribution in [0.1, 0.15) is 28.8 Å². The molecule has 2 heterocycles. The highest BCUT2D eigenvalue weighted by Gasteiger charge is 2.46. The Balaban J connectivity index is 1.71. The van der Waals surface area contributed by atoms with Crippen LogP contribution >= 0.6 is 0 Å². The van der Waals surface area contributed by atoms with Gasteiger partial charge in [0.1, 0.15) is 17.3 Å². The Hall–Kier alpha value is -4.96. The molecule has 1 saturated carbocycles. The van der Waals surface area contributed by atoms with Gasteiger partial charge in [0.05, 0.1) is 31.0 Å². The smallest absolute Gasteiger partial charge is 0.394 e. The normalized spacial score (nSPS) is 13.3. The van der Waals surface area contributed by atoms with Gasteiger partial charge in [0.15, 0.2) is 5.65 Å². The molecular weight excluding hydrogens is 609 g/mol. The number of aryl methyl sites for hydroxylation is 1. The van der Waals surface area contributed by atoms with E-state index in [1.807, 2.05) is 0 Å². The number of anilines is 1. The van der Waals surface area contributed by atoms with Gasteiger partial charge < -0.3 is 20.4 Å². The molecule has 2 aromatic carbocycles. The molecule has 0 unspecified atom stereocenters. The van der Waals surface area contributed by atoms with Gasteiger partial charge in [-0.05, 0) is 55.7 Å². The van der Waals surface area contributed by atoms with E-state index >= 15 is 0 Å². The summed E-state index contributed by atoms with van der Waals surface area (Å²) in [5.41, 5.74) is -1.40. The molecule has 0 aliphatic heterocycles. The summed E-state index contributed by atoms with van der Waals surface area (Å²) in [6, 6.07) is 7.57. The van der Waals surface area contributed by atoms with Crippen molar-refractivity contribution in [2.75, 3.05) is 18.5 Å². The zero-order chi connectivity index (χ0) is 32.6. The lowest BCUT2D eigenvalue weighted by molar-refractivity contribution is -0.230. The van der Waals surface area contributed by atoms with E-state index in [0.717, 1.165) is 24.3 Å². The summed E-state index contributed by atoms with van der Waals surface area (Å²) < 4.78 is 69.3. The van der Waals surface area contributed by atoms with E-state index in [-0.39, 0.29) is 33.8 Å². The molecule has 1 aliphatic carbocycles. The number of hydroxylamine groups is 2. The number of alkyl halides is 3. The number of halogens is 5. The number of hydrogen-bond donors (Lipinski definition) is 3. The lowest BCUT2D eigenvalue weighted by Crippen LogP contribution is -2.40. The number of aliphatic hydroxyl groups is 2. The maximum Gasteiger partial charge on any atom is 0.493 e. The number of fused-ring (bicyclic) bond motifs is 1. The van der Waals surface area contributed by atoms with Gasteiger partial charge in [-0.25, -0.2) is 18.6 Å². The Morgan fingerprint density at radius 3 is 2.33 bits per heavy atom. The molecule has 2 aromatic heterocycles. The number of amides is 1. The Morgan fingerprint density at radius 2 is 1.73 bits per heavy atom. The van der Waals surface area contributed by atoms with Crippen molar-refractivity contribution in [2.45, 2.75) is 38.0 Å². The minimum absolute atomic E-state index is 0.0139. The second-order valence-electron chi connectivity index (χ2n) is 10.2. The van der Waals surface area contributed by atoms with E-state index in [4.69, 9.17) is 0 Å². The van der Waals surface area contributed by atoms with E-state index in [2.05, 4.69) is 20.1 Å². The van der Waals surface area contributed by atoms with Crippen molar-refractivity contribution in [1.29, 1.82) is 0 Å². The first kappa shape index (κ1) is 31.5. The van der Waals surface area contributed by atoms with E-state index in [0.29, 0.717) is 28.0 Å². The van der Waals surface area contributed by atoms with Crippen LogP contribution in [-0.4, -0.2) is 73.2 Å². The number of nitrogens with zero attached hydrogens (tertiary/aromatic N) is 4. The van der Waals surface area contributed by atoms with Crippen molar-refractivity contribution < 1.29 is 46.6 Å². The highest BCUT2D eigenvalue weighted by molar-refractivity contribution is 5.99. The molecule has 0 radical (unpaired) electrons. The molecule has 16 heteroatoms. The number of pyridine rings is 1. The van der Waals surface area contributed by atoms with Gasteiger partial charge in [-0.3, -0.25) is 14.2 Å². The number of aliphatic hydroxyl groups excluding tert-OH is 2. The molecule has 1 amide bonds. The maximum atomic E-state index is 14.9. The van der Waals surface area contributed by atoms with Crippen molar-refractivity contribution in [3.05, 3.63) is 81.6 Å². The molecule has 5 rings (SSSR count). The third-order valence-electron chi connectivity index (χ3n) is 6.92. The minimum Gasteiger partial charge on any atom is -0.394 e. The van der Waals surface area contributed by atoms with Crippen LogP contribution in [-0.2, 0) is 9.63 Å². The molecule has 1 fully saturated rings. The number of rotatable bonds is 8. The Morgan fingerprint density at radius 1 is 1.07 bits per heavy atom. The second kappa shape index (κ2) is 12.2. The first-order valence-corrected chi connectivity index (χ1v) is 13.4. The number of carbonyl (C=O) groups is 2. The van der Waals surface area contributed by atoms with Crippen molar-refractivity contribution in [2.24, 2.45) is 0 Å². The van der Waals surface area contributed by atoms with Gasteiger partial charge in [-0.15, -0.1) is 0 Å². The number of benzene rings is 2. The first-order valence-electron chi connectivity index (χ1n) is 13.4. The van der Waals surface area contributed by atoms with Gasteiger partial charge in [-0.1, -0.05) is 12.1 Å². The fourth-order valence-electron chi connectivity index (χ4n) is 4.50. The van der Waals surface area contributed by atoms with Crippen LogP contribution < -0.4 is 10.9 Å². The molecule has 0 atom stereocenters. The molecule has 1 aliphatic rings. The minimum atomic E-state index is -5.34. The summed E-state index contributed by atoms with van der Waals surface area (Å²) in [5, 5.41) is 22.3. The summed E-state index contributed by atoms with van der Waals surface area (Å²) in [5.74, 6) is -6.05. The summed E-state index contributed by atoms with van der Waals surface area (Å²) in [6.07, 6.45) is -4.73. The molecular formula is C29H24F5N5O6. The van der Waals surface area contributed by atoms with Gasteiger partial charge in [0.2, 0.25) is 5.95 Å². The first-order chi connectivity index (χ1) is 21.3. The quantitative estimate of drug-likeness (QED) is 0.196. The van der Waals surface area contributed by atoms with Gasteiger partial charge >= 0.3 is 12.1 Å². The summed E-state index contributed by atoms with van der Waals surface area (Å²) in [4.78, 5) is 51.1. The Kier molecular flexibility index (Phi) is 8.53. The summed E-state index contributed by atoms with van der Waals surface area (Å²) >= 11 is 0. The van der Waals surface area contributed by atoms with Crippen LogP contribution in [0.5, 0.6) is 0 Å². The van der Waals surface area contributed by atoms with Crippen molar-refractivity contribution in [1.82, 2.24) is 19.6 Å². The third-order valence-corrected chi connectivity index (χ3v) is 6.92. The average Bonchev–Trinajstić information content (AvgIpc) is 3.84. The van der Waals surface area contributed by atoms with Crippen LogP contribution in [0.3, 0.4) is 0 Å². The zero-order valence-electron chi connectivity index (χ0n) is 23.3. The maximum absolute atomic E-state index is 14.9. The summed E-state index contributed by atoms with van der Waals surface area (Å²) in [6.45, 7) is 0.463. The lowest BCUT2D eigenvalue weighted by Gasteiger charge is -2.22. The standard InChI is InChI=1S/C29H24F5N5O6/c1-14-5-6-15(26(43)39(17-7-8-17)45-27(44)29(32,33)34)11-19(14)23-18-9-10-22(42)38(24-20(30)3-2-4-21(24)31)25(18)37-28(36-23)35-16(12-40)13-41/h2-6,9-11,16-17,40-41H,7-8,12-13H2,1H3,(H,35,36,37). The molecule has 11 nitrogen and oxygen atoms in total. The number of carbonyl (C=O) groups excluding carboxylic acids is 2. The molecule has 0 bridgehead atoms. The SMILES string of the molecule is Cc1ccc(C(=O)N(OC(=O)C(F)(F)F)C2CC2)cc1-c1nc(NC(CO)CO)nc2c1ccc(=O)n2-c1c(F)cccc1F. The molecule has 45 heavy (non-hydrogen) atoms. The Bertz CT molecular complexity index is 1840. The van der Waals surface area contributed by atoms with Crippen LogP contribution in [0.15, 0.2) is 53.3 Å². The average molecular weight is 634 g/mol. The van der Waals surface area contributed by atoms with Crippen molar-refractivity contribution >= 4 is 28.9 Å². The van der Waals surface area contributed by atoms with Gasteiger partial charge in [0.25, 0.3) is 11.5 Å². The predicted octanol–water partition coefficient (Wildman–Crippen LogP) is 3.42. The third kappa shape index (κ3) is 6.32. The van der Waals surface area contributed by atoms with Crippen molar-refractivity contribution in [3.63, 3.8) is 0 Å². The number of hydrogen-bond acceptors (Lipinski definition) is 9. The summed E-state index contributed by atoms with van der Waals surface area (Å²) in [7, 11) is 0. The van der Waals surface area contributed by atoms with Crippen molar-refractivity contribution in [3.8, 4) is 16.9 Å². The van der Waals surface area contributed by atoms with Gasteiger partial charge in [-0.2, -0.15) is 23.2 Å². The topological polar surface area (TPSA) is 147 Å². The highest BCUT2D eigenvalue weighted by Crippen LogP contribution is 2.34. The number of aromatic nitrogens is 3. The fourth-order valence-corrected chi connectivity index (χ4v) is 4.50. The largest absolute Gasteiger partial charge is 0.493 e. The van der Waals surface area contributed by atoms with E-state index < -0.39 is 66.2 Å². The molecule has 3 N–H and O–H groups in total.